The summed E-state index contributed by atoms with van der Waals surface area (Å²) >= 11 is 9.68. The first-order valence-electron chi connectivity index (χ1n) is 10.1. The van der Waals surface area contributed by atoms with E-state index in [1.165, 1.54) is 6.42 Å². The van der Waals surface area contributed by atoms with Crippen molar-refractivity contribution >= 4 is 45.0 Å². The molecule has 1 fully saturated rings. The number of hydrogen-bond acceptors (Lipinski definition) is 3. The summed E-state index contributed by atoms with van der Waals surface area (Å²) in [6, 6.07) is 8.97. The lowest BCUT2D eigenvalue weighted by Crippen LogP contribution is -2.36. The molecule has 0 saturated heterocycles. The minimum Gasteiger partial charge on any atom is -0.483 e. The van der Waals surface area contributed by atoms with E-state index in [1.807, 2.05) is 26.0 Å². The maximum Gasteiger partial charge on any atom is 0.262 e. The van der Waals surface area contributed by atoms with Crippen LogP contribution in [0.25, 0.3) is 0 Å². The lowest BCUT2D eigenvalue weighted by Gasteiger charge is -2.23. The van der Waals surface area contributed by atoms with Crippen LogP contribution in [0.4, 0.5) is 5.69 Å². The Morgan fingerprint density at radius 3 is 2.43 bits per heavy atom. The molecule has 1 aliphatic carbocycles. The molecule has 2 aromatic carbocycles. The summed E-state index contributed by atoms with van der Waals surface area (Å²) in [6.07, 6.45) is 5.46. The fourth-order valence-corrected chi connectivity index (χ4v) is 4.64. The van der Waals surface area contributed by atoms with Gasteiger partial charge in [-0.2, -0.15) is 0 Å². The minimum absolute atomic E-state index is 0.129. The van der Waals surface area contributed by atoms with Gasteiger partial charge >= 0.3 is 0 Å². The van der Waals surface area contributed by atoms with E-state index in [4.69, 9.17) is 16.3 Å². The highest BCUT2D eigenvalue weighted by Gasteiger charge is 2.19. The topological polar surface area (TPSA) is 67.4 Å². The summed E-state index contributed by atoms with van der Waals surface area (Å²) in [6.45, 7) is 3.73. The van der Waals surface area contributed by atoms with E-state index >= 15 is 0 Å². The largest absolute Gasteiger partial charge is 0.483 e. The van der Waals surface area contributed by atoms with Crippen molar-refractivity contribution in [2.75, 3.05) is 11.9 Å². The number of aryl methyl sites for hydroxylation is 2. The van der Waals surface area contributed by atoms with Crippen LogP contribution in [0.3, 0.4) is 0 Å². The van der Waals surface area contributed by atoms with E-state index in [1.54, 1.807) is 18.2 Å². The van der Waals surface area contributed by atoms with Crippen molar-refractivity contribution in [1.29, 1.82) is 0 Å². The van der Waals surface area contributed by atoms with E-state index in [-0.39, 0.29) is 24.5 Å². The molecule has 2 N–H and O–H groups in total. The lowest BCUT2D eigenvalue weighted by molar-refractivity contribution is -0.118. The van der Waals surface area contributed by atoms with Gasteiger partial charge in [-0.15, -0.1) is 0 Å². The van der Waals surface area contributed by atoms with E-state index in [0.29, 0.717) is 22.0 Å². The molecule has 0 aliphatic heterocycles. The molecule has 0 atom stereocenters. The Bertz CT molecular complexity index is 919. The SMILES string of the molecule is Cc1cc(Br)cc(C)c1OCC(=O)Nc1ccc(Cl)c(C(=O)NC2CCCCC2)c1. The van der Waals surface area contributed by atoms with Crippen LogP contribution in [0.1, 0.15) is 53.6 Å². The van der Waals surface area contributed by atoms with Crippen molar-refractivity contribution in [1.82, 2.24) is 5.32 Å². The molecule has 160 valence electrons. The molecule has 1 aliphatic rings. The molecule has 5 nitrogen and oxygen atoms in total. The van der Waals surface area contributed by atoms with Crippen LogP contribution in [-0.4, -0.2) is 24.5 Å². The second kappa shape index (κ2) is 10.3. The summed E-state index contributed by atoms with van der Waals surface area (Å²) in [7, 11) is 0. The summed E-state index contributed by atoms with van der Waals surface area (Å²) < 4.78 is 6.69. The van der Waals surface area contributed by atoms with Crippen LogP contribution in [0, 0.1) is 13.8 Å². The Morgan fingerprint density at radius 2 is 1.77 bits per heavy atom. The molecular weight excluding hydrogens is 468 g/mol. The maximum absolute atomic E-state index is 12.6. The Morgan fingerprint density at radius 1 is 1.10 bits per heavy atom. The smallest absolute Gasteiger partial charge is 0.262 e. The fourth-order valence-electron chi connectivity index (χ4n) is 3.75. The fraction of sp³-hybridized carbons (Fsp3) is 0.391. The van der Waals surface area contributed by atoms with Gasteiger partial charge in [-0.3, -0.25) is 9.59 Å². The van der Waals surface area contributed by atoms with Gasteiger partial charge in [-0.25, -0.2) is 0 Å². The number of ether oxygens (including phenoxy) is 1. The second-order valence-corrected chi connectivity index (χ2v) is 9.03. The van der Waals surface area contributed by atoms with Crippen molar-refractivity contribution in [2.24, 2.45) is 0 Å². The normalized spacial score (nSPS) is 14.3. The molecule has 0 aromatic heterocycles. The van der Waals surface area contributed by atoms with E-state index in [2.05, 4.69) is 26.6 Å². The van der Waals surface area contributed by atoms with Crippen LogP contribution in [0.15, 0.2) is 34.8 Å². The van der Waals surface area contributed by atoms with Gasteiger partial charge in [0.05, 0.1) is 10.6 Å². The van der Waals surface area contributed by atoms with Gasteiger partial charge in [0, 0.05) is 16.2 Å². The quantitative estimate of drug-likeness (QED) is 0.534. The first-order valence-corrected chi connectivity index (χ1v) is 11.3. The summed E-state index contributed by atoms with van der Waals surface area (Å²) in [5.41, 5.74) is 2.76. The molecular formula is C23H26BrClN2O3. The second-order valence-electron chi connectivity index (χ2n) is 7.71. The van der Waals surface area contributed by atoms with Crippen molar-refractivity contribution in [3.8, 4) is 5.75 Å². The molecule has 0 radical (unpaired) electrons. The van der Waals surface area contributed by atoms with Crippen molar-refractivity contribution in [3.05, 3.63) is 56.5 Å². The summed E-state index contributed by atoms with van der Waals surface area (Å²) in [4.78, 5) is 25.0. The molecule has 0 unspecified atom stereocenters. The van der Waals surface area contributed by atoms with Crippen LogP contribution in [-0.2, 0) is 4.79 Å². The first kappa shape index (κ1) is 22.6. The van der Waals surface area contributed by atoms with Gasteiger partial charge < -0.3 is 15.4 Å². The predicted molar refractivity (Wildman–Crippen MR) is 124 cm³/mol. The van der Waals surface area contributed by atoms with Crippen LogP contribution < -0.4 is 15.4 Å². The molecule has 2 aromatic rings. The summed E-state index contributed by atoms with van der Waals surface area (Å²) in [5, 5.41) is 6.19. The maximum atomic E-state index is 12.6. The number of amides is 2. The zero-order valence-corrected chi connectivity index (χ0v) is 19.5. The Labute approximate surface area is 190 Å². The van der Waals surface area contributed by atoms with Crippen molar-refractivity contribution in [2.45, 2.75) is 52.0 Å². The number of anilines is 1. The zero-order chi connectivity index (χ0) is 21.7. The Balaban J connectivity index is 1.61. The Kier molecular flexibility index (Phi) is 7.78. The molecule has 2 amide bonds. The highest BCUT2D eigenvalue weighted by molar-refractivity contribution is 9.10. The molecule has 0 spiro atoms. The molecule has 3 rings (SSSR count). The molecule has 30 heavy (non-hydrogen) atoms. The van der Waals surface area contributed by atoms with Gasteiger partial charge in [0.25, 0.3) is 11.8 Å². The van der Waals surface area contributed by atoms with E-state index < -0.39 is 0 Å². The number of halogens is 2. The van der Waals surface area contributed by atoms with Crippen LogP contribution in [0.5, 0.6) is 5.75 Å². The Hall–Kier alpha value is -2.05. The summed E-state index contributed by atoms with van der Waals surface area (Å²) in [5.74, 6) is 0.176. The van der Waals surface area contributed by atoms with Gasteiger partial charge in [0.15, 0.2) is 6.61 Å². The molecule has 7 heteroatoms. The monoisotopic (exact) mass is 492 g/mol. The van der Waals surface area contributed by atoms with E-state index in [0.717, 1.165) is 41.3 Å². The average molecular weight is 494 g/mol. The number of hydrogen-bond donors (Lipinski definition) is 2. The number of carbonyl (C=O) groups excluding carboxylic acids is 2. The van der Waals surface area contributed by atoms with E-state index in [9.17, 15) is 9.59 Å². The van der Waals surface area contributed by atoms with Crippen LogP contribution >= 0.6 is 27.5 Å². The first-order chi connectivity index (χ1) is 14.3. The zero-order valence-electron chi connectivity index (χ0n) is 17.2. The molecule has 0 bridgehead atoms. The number of carbonyl (C=O) groups is 2. The van der Waals surface area contributed by atoms with Gasteiger partial charge in [-0.1, -0.05) is 46.8 Å². The minimum atomic E-state index is -0.308. The molecule has 1 saturated carbocycles. The third kappa shape index (κ3) is 5.99. The standard InChI is InChI=1S/C23H26BrClN2O3/c1-14-10-16(24)11-15(2)22(14)30-13-21(28)26-18-8-9-20(25)19(12-18)23(29)27-17-6-4-3-5-7-17/h8-12,17H,3-7,13H2,1-2H3,(H,26,28)(H,27,29). The number of benzene rings is 2. The highest BCUT2D eigenvalue weighted by atomic mass is 79.9. The molecule has 0 heterocycles. The average Bonchev–Trinajstić information content (AvgIpc) is 2.69. The van der Waals surface area contributed by atoms with Crippen LogP contribution in [0.2, 0.25) is 5.02 Å². The van der Waals surface area contributed by atoms with Gasteiger partial charge in [0.2, 0.25) is 0 Å². The van der Waals surface area contributed by atoms with Gasteiger partial charge in [-0.05, 0) is 68.1 Å². The van der Waals surface area contributed by atoms with Crippen molar-refractivity contribution in [3.63, 3.8) is 0 Å². The lowest BCUT2D eigenvalue weighted by atomic mass is 9.95. The van der Waals surface area contributed by atoms with Crippen molar-refractivity contribution < 1.29 is 14.3 Å². The third-order valence-corrected chi connectivity index (χ3v) is 6.00. The number of nitrogens with one attached hydrogen (secondary N) is 2. The highest BCUT2D eigenvalue weighted by Crippen LogP contribution is 2.27. The van der Waals surface area contributed by atoms with Gasteiger partial charge in [0.1, 0.15) is 5.75 Å². The third-order valence-electron chi connectivity index (χ3n) is 5.21. The number of rotatable bonds is 6. The predicted octanol–water partition coefficient (Wildman–Crippen LogP) is 5.80.